The molecule has 0 saturated heterocycles. The zero-order valence-corrected chi connectivity index (χ0v) is 13.3. The maximum atomic E-state index is 11.6. The number of fused-ring (bicyclic) bond motifs is 1. The summed E-state index contributed by atoms with van der Waals surface area (Å²) < 4.78 is 5.84. The SMILES string of the molecule is CCOC(=O)/C(CCc1ccc2ccccc2c1Br)=N/O. The molecule has 110 valence electrons. The third-order valence-corrected chi connectivity index (χ3v) is 4.14. The van der Waals surface area contributed by atoms with Crippen LogP contribution in [0.3, 0.4) is 0 Å². The molecule has 0 radical (unpaired) electrons. The zero-order chi connectivity index (χ0) is 15.2. The summed E-state index contributed by atoms with van der Waals surface area (Å²) in [5.74, 6) is -0.572. The van der Waals surface area contributed by atoms with Crippen LogP contribution in [-0.2, 0) is 16.0 Å². The number of hydrogen-bond donors (Lipinski definition) is 1. The van der Waals surface area contributed by atoms with E-state index in [1.165, 1.54) is 0 Å². The first-order chi connectivity index (χ1) is 10.2. The fourth-order valence-corrected chi connectivity index (χ4v) is 2.82. The van der Waals surface area contributed by atoms with Gasteiger partial charge in [0.25, 0.3) is 0 Å². The minimum atomic E-state index is -0.572. The number of oxime groups is 1. The maximum Gasteiger partial charge on any atom is 0.356 e. The highest BCUT2D eigenvalue weighted by atomic mass is 79.9. The predicted octanol–water partition coefficient (Wildman–Crippen LogP) is 3.93. The molecule has 0 unspecified atom stereocenters. The Hall–Kier alpha value is -1.88. The molecule has 0 bridgehead atoms. The Labute approximate surface area is 131 Å². The number of carbonyl (C=O) groups is 1. The van der Waals surface area contributed by atoms with E-state index in [4.69, 9.17) is 9.94 Å². The lowest BCUT2D eigenvalue weighted by Gasteiger charge is -2.08. The number of hydrogen-bond acceptors (Lipinski definition) is 4. The molecular weight excluding hydrogens is 334 g/mol. The molecule has 0 atom stereocenters. The van der Waals surface area contributed by atoms with E-state index in [1.807, 2.05) is 36.4 Å². The Morgan fingerprint density at radius 1 is 1.29 bits per heavy atom. The van der Waals surface area contributed by atoms with Gasteiger partial charge in [0.05, 0.1) is 6.61 Å². The van der Waals surface area contributed by atoms with E-state index in [2.05, 4.69) is 21.1 Å². The van der Waals surface area contributed by atoms with Crippen molar-refractivity contribution in [3.63, 3.8) is 0 Å². The molecule has 1 N–H and O–H groups in total. The van der Waals surface area contributed by atoms with Gasteiger partial charge in [0.15, 0.2) is 5.71 Å². The molecular formula is C16H16BrNO3. The summed E-state index contributed by atoms with van der Waals surface area (Å²) in [6.07, 6.45) is 0.913. The monoisotopic (exact) mass is 349 g/mol. The first-order valence-corrected chi connectivity index (χ1v) is 7.50. The van der Waals surface area contributed by atoms with E-state index in [9.17, 15) is 4.79 Å². The number of aryl methyl sites for hydroxylation is 1. The Bertz CT molecular complexity index is 682. The molecule has 0 aliphatic heterocycles. The van der Waals surface area contributed by atoms with Gasteiger partial charge in [-0.3, -0.25) is 0 Å². The second-order valence-corrected chi connectivity index (χ2v) is 5.32. The van der Waals surface area contributed by atoms with Crippen molar-refractivity contribution < 1.29 is 14.7 Å². The summed E-state index contributed by atoms with van der Waals surface area (Å²) in [5.41, 5.74) is 1.09. The minimum Gasteiger partial charge on any atom is -0.461 e. The van der Waals surface area contributed by atoms with Crippen molar-refractivity contribution in [3.05, 3.63) is 46.4 Å². The van der Waals surface area contributed by atoms with Crippen LogP contribution in [-0.4, -0.2) is 23.5 Å². The van der Waals surface area contributed by atoms with Gasteiger partial charge in [0.2, 0.25) is 0 Å². The molecule has 21 heavy (non-hydrogen) atoms. The molecule has 0 heterocycles. The van der Waals surface area contributed by atoms with Gasteiger partial charge in [-0.05, 0) is 45.6 Å². The number of rotatable bonds is 5. The standard InChI is InChI=1S/C16H16BrNO3/c1-2-21-16(19)14(18-20)10-9-12-8-7-11-5-3-4-6-13(11)15(12)17/h3-8,20H,2,9-10H2,1H3/b18-14+. The fraction of sp³-hybridized carbons (Fsp3) is 0.250. The highest BCUT2D eigenvalue weighted by Crippen LogP contribution is 2.28. The number of carbonyl (C=O) groups excluding carboxylic acids is 1. The van der Waals surface area contributed by atoms with Crippen LogP contribution >= 0.6 is 15.9 Å². The Morgan fingerprint density at radius 2 is 2.05 bits per heavy atom. The van der Waals surface area contributed by atoms with E-state index in [1.54, 1.807) is 6.92 Å². The van der Waals surface area contributed by atoms with Crippen LogP contribution in [0.15, 0.2) is 46.0 Å². The summed E-state index contributed by atoms with van der Waals surface area (Å²) in [6.45, 7) is 1.98. The quantitative estimate of drug-likeness (QED) is 0.385. The van der Waals surface area contributed by atoms with Gasteiger partial charge in [-0.15, -0.1) is 0 Å². The molecule has 5 heteroatoms. The van der Waals surface area contributed by atoms with Crippen LogP contribution < -0.4 is 0 Å². The van der Waals surface area contributed by atoms with E-state index in [0.29, 0.717) is 12.8 Å². The zero-order valence-electron chi connectivity index (χ0n) is 11.7. The normalized spacial score (nSPS) is 11.6. The van der Waals surface area contributed by atoms with Crippen LogP contribution in [0.4, 0.5) is 0 Å². The average molecular weight is 350 g/mol. The molecule has 0 amide bonds. The molecule has 4 nitrogen and oxygen atoms in total. The summed E-state index contributed by atoms with van der Waals surface area (Å²) in [6, 6.07) is 12.1. The van der Waals surface area contributed by atoms with Crippen LogP contribution in [0.5, 0.6) is 0 Å². The maximum absolute atomic E-state index is 11.6. The second-order valence-electron chi connectivity index (χ2n) is 4.53. The predicted molar refractivity (Wildman–Crippen MR) is 85.8 cm³/mol. The number of nitrogens with zero attached hydrogens (tertiary/aromatic N) is 1. The first-order valence-electron chi connectivity index (χ1n) is 6.71. The molecule has 0 aliphatic rings. The molecule has 0 aromatic heterocycles. The lowest BCUT2D eigenvalue weighted by atomic mass is 10.0. The lowest BCUT2D eigenvalue weighted by molar-refractivity contribution is -0.135. The summed E-state index contributed by atoms with van der Waals surface area (Å²) in [4.78, 5) is 11.6. The van der Waals surface area contributed by atoms with Crippen molar-refractivity contribution in [1.29, 1.82) is 0 Å². The summed E-state index contributed by atoms with van der Waals surface area (Å²) >= 11 is 3.60. The van der Waals surface area contributed by atoms with Gasteiger partial charge in [0.1, 0.15) is 0 Å². The second kappa shape index (κ2) is 7.22. The number of esters is 1. The molecule has 0 spiro atoms. The number of benzene rings is 2. The molecule has 2 rings (SSSR count). The fourth-order valence-electron chi connectivity index (χ4n) is 2.13. The van der Waals surface area contributed by atoms with E-state index in [-0.39, 0.29) is 12.3 Å². The molecule has 0 fully saturated rings. The van der Waals surface area contributed by atoms with Gasteiger partial charge in [-0.1, -0.05) is 41.6 Å². The van der Waals surface area contributed by atoms with Crippen molar-refractivity contribution in [2.45, 2.75) is 19.8 Å². The van der Waals surface area contributed by atoms with Crippen LogP contribution in [0, 0.1) is 0 Å². The Morgan fingerprint density at radius 3 is 2.76 bits per heavy atom. The van der Waals surface area contributed by atoms with Crippen molar-refractivity contribution >= 4 is 38.4 Å². The highest BCUT2D eigenvalue weighted by Gasteiger charge is 2.14. The van der Waals surface area contributed by atoms with Gasteiger partial charge in [0, 0.05) is 10.9 Å². The van der Waals surface area contributed by atoms with Gasteiger partial charge in [-0.2, -0.15) is 0 Å². The van der Waals surface area contributed by atoms with Crippen LogP contribution in [0.2, 0.25) is 0 Å². The van der Waals surface area contributed by atoms with Crippen LogP contribution in [0.25, 0.3) is 10.8 Å². The van der Waals surface area contributed by atoms with Gasteiger partial charge in [-0.25, -0.2) is 4.79 Å². The van der Waals surface area contributed by atoms with E-state index < -0.39 is 5.97 Å². The number of ether oxygens (including phenoxy) is 1. The van der Waals surface area contributed by atoms with Gasteiger partial charge < -0.3 is 9.94 Å². The number of halogens is 1. The van der Waals surface area contributed by atoms with E-state index in [0.717, 1.165) is 20.8 Å². The average Bonchev–Trinajstić information content (AvgIpc) is 2.50. The van der Waals surface area contributed by atoms with Crippen molar-refractivity contribution in [3.8, 4) is 0 Å². The van der Waals surface area contributed by atoms with Crippen molar-refractivity contribution in [2.75, 3.05) is 6.61 Å². The van der Waals surface area contributed by atoms with Crippen molar-refractivity contribution in [2.24, 2.45) is 5.16 Å². The third-order valence-electron chi connectivity index (χ3n) is 3.21. The largest absolute Gasteiger partial charge is 0.461 e. The highest BCUT2D eigenvalue weighted by molar-refractivity contribution is 9.10. The molecule has 0 aliphatic carbocycles. The molecule has 0 saturated carbocycles. The molecule has 2 aromatic rings. The molecule has 2 aromatic carbocycles. The summed E-state index contributed by atoms with van der Waals surface area (Å²) in [5, 5.41) is 14.2. The van der Waals surface area contributed by atoms with Gasteiger partial charge >= 0.3 is 5.97 Å². The van der Waals surface area contributed by atoms with Crippen molar-refractivity contribution in [1.82, 2.24) is 0 Å². The first kappa shape index (κ1) is 15.5. The summed E-state index contributed by atoms with van der Waals surface area (Å²) in [7, 11) is 0. The smallest absolute Gasteiger partial charge is 0.356 e. The lowest BCUT2D eigenvalue weighted by Crippen LogP contribution is -2.18. The Kier molecular flexibility index (Phi) is 5.33. The third kappa shape index (κ3) is 3.61. The van der Waals surface area contributed by atoms with E-state index >= 15 is 0 Å². The topological polar surface area (TPSA) is 58.9 Å². The van der Waals surface area contributed by atoms with Crippen LogP contribution in [0.1, 0.15) is 18.9 Å². The Balaban J connectivity index is 2.17. The minimum absolute atomic E-state index is 0.0388.